The first-order valence-electron chi connectivity index (χ1n) is 10.6. The Morgan fingerprint density at radius 3 is 2.55 bits per heavy atom. The van der Waals surface area contributed by atoms with E-state index in [0.29, 0.717) is 6.54 Å². The summed E-state index contributed by atoms with van der Waals surface area (Å²) in [5, 5.41) is 2.79. The van der Waals surface area contributed by atoms with Gasteiger partial charge in [0.1, 0.15) is 10.9 Å². The number of fused-ring (bicyclic) bond motifs is 1. The third-order valence-corrected chi connectivity index (χ3v) is 7.73. The van der Waals surface area contributed by atoms with Crippen molar-refractivity contribution in [1.82, 2.24) is 14.5 Å². The largest absolute Gasteiger partial charge is 0.354 e. The standard InChI is InChI=1S/C23H26BrN3O5S/c1-3-12-25-22(29)16(2)26(15-17-7-6-8-18(24)14-17)21(28)11-13-27-23(30)19-9-4-5-10-20(19)33(27,31)32/h4-10,14,16H,3,11-13,15H2,1-2H3,(H,25,29). The van der Waals surface area contributed by atoms with Crippen molar-refractivity contribution in [2.45, 2.75) is 44.2 Å². The molecule has 0 aliphatic carbocycles. The van der Waals surface area contributed by atoms with Gasteiger partial charge < -0.3 is 10.2 Å². The molecule has 0 aromatic heterocycles. The number of nitrogens with zero attached hydrogens (tertiary/aromatic N) is 2. The topological polar surface area (TPSA) is 104 Å². The van der Waals surface area contributed by atoms with Crippen LogP contribution in [0.3, 0.4) is 0 Å². The van der Waals surface area contributed by atoms with Crippen LogP contribution >= 0.6 is 15.9 Å². The fourth-order valence-corrected chi connectivity index (χ4v) is 5.62. The van der Waals surface area contributed by atoms with Gasteiger partial charge in [0.25, 0.3) is 15.9 Å². The molecule has 0 spiro atoms. The molecule has 3 rings (SSSR count). The molecule has 0 fully saturated rings. The van der Waals surface area contributed by atoms with Crippen LogP contribution in [-0.2, 0) is 26.2 Å². The number of halogens is 1. The smallest absolute Gasteiger partial charge is 0.269 e. The van der Waals surface area contributed by atoms with E-state index < -0.39 is 27.9 Å². The molecule has 0 radical (unpaired) electrons. The van der Waals surface area contributed by atoms with Gasteiger partial charge in [0, 0.05) is 30.5 Å². The van der Waals surface area contributed by atoms with Gasteiger partial charge in [-0.25, -0.2) is 12.7 Å². The molecule has 1 aliphatic rings. The van der Waals surface area contributed by atoms with Gasteiger partial charge in [-0.1, -0.05) is 47.1 Å². The Balaban J connectivity index is 1.78. The second-order valence-electron chi connectivity index (χ2n) is 7.75. The Labute approximate surface area is 202 Å². The predicted molar refractivity (Wildman–Crippen MR) is 127 cm³/mol. The Hall–Kier alpha value is -2.72. The number of nitrogens with one attached hydrogen (secondary N) is 1. The van der Waals surface area contributed by atoms with Gasteiger partial charge in [-0.15, -0.1) is 0 Å². The van der Waals surface area contributed by atoms with Crippen LogP contribution in [0.25, 0.3) is 0 Å². The minimum atomic E-state index is -4.00. The van der Waals surface area contributed by atoms with E-state index in [1.807, 2.05) is 31.2 Å². The SMILES string of the molecule is CCCNC(=O)C(C)N(Cc1cccc(Br)c1)C(=O)CCN1C(=O)c2ccccc2S1(=O)=O. The van der Waals surface area contributed by atoms with Gasteiger partial charge in [-0.3, -0.25) is 14.4 Å². The average Bonchev–Trinajstić information content (AvgIpc) is 2.99. The van der Waals surface area contributed by atoms with Crippen LogP contribution in [0.5, 0.6) is 0 Å². The van der Waals surface area contributed by atoms with Crippen LogP contribution in [0, 0.1) is 0 Å². The number of rotatable bonds is 9. The summed E-state index contributed by atoms with van der Waals surface area (Å²) in [5.74, 6) is -1.36. The van der Waals surface area contributed by atoms with Crippen LogP contribution in [0.1, 0.15) is 42.6 Å². The number of sulfonamides is 1. The fourth-order valence-electron chi connectivity index (χ4n) is 3.60. The predicted octanol–water partition coefficient (Wildman–Crippen LogP) is 2.93. The molecule has 1 aliphatic heterocycles. The van der Waals surface area contributed by atoms with Gasteiger partial charge in [0.15, 0.2) is 0 Å². The Morgan fingerprint density at radius 1 is 1.15 bits per heavy atom. The highest BCUT2D eigenvalue weighted by molar-refractivity contribution is 9.10. The monoisotopic (exact) mass is 535 g/mol. The number of amides is 3. The van der Waals surface area contributed by atoms with Crippen molar-refractivity contribution < 1.29 is 22.8 Å². The molecule has 1 N–H and O–H groups in total. The third kappa shape index (κ3) is 5.44. The summed E-state index contributed by atoms with van der Waals surface area (Å²) < 4.78 is 27.1. The highest BCUT2D eigenvalue weighted by Crippen LogP contribution is 2.30. The summed E-state index contributed by atoms with van der Waals surface area (Å²) in [6.07, 6.45) is 0.520. The van der Waals surface area contributed by atoms with E-state index in [4.69, 9.17) is 0 Å². The van der Waals surface area contributed by atoms with Crippen molar-refractivity contribution >= 4 is 43.7 Å². The lowest BCUT2D eigenvalue weighted by Gasteiger charge is -2.29. The molecule has 33 heavy (non-hydrogen) atoms. The molecule has 2 aromatic rings. The minimum absolute atomic E-state index is 0.0549. The lowest BCUT2D eigenvalue weighted by molar-refractivity contribution is -0.140. The Morgan fingerprint density at radius 2 is 1.88 bits per heavy atom. The summed E-state index contributed by atoms with van der Waals surface area (Å²) in [6.45, 7) is 3.92. The van der Waals surface area contributed by atoms with E-state index in [-0.39, 0.29) is 35.9 Å². The highest BCUT2D eigenvalue weighted by atomic mass is 79.9. The molecular formula is C23H26BrN3O5S. The van der Waals surface area contributed by atoms with Gasteiger partial charge in [-0.2, -0.15) is 0 Å². The molecule has 2 aromatic carbocycles. The summed E-state index contributed by atoms with van der Waals surface area (Å²) in [4.78, 5) is 39.8. The zero-order valence-corrected chi connectivity index (χ0v) is 20.9. The lowest BCUT2D eigenvalue weighted by Crippen LogP contribution is -2.48. The van der Waals surface area contributed by atoms with E-state index in [1.54, 1.807) is 19.1 Å². The molecule has 3 amide bonds. The summed E-state index contributed by atoms with van der Waals surface area (Å²) in [7, 11) is -4.00. The maximum Gasteiger partial charge on any atom is 0.269 e. The maximum atomic E-state index is 13.2. The van der Waals surface area contributed by atoms with Crippen LogP contribution in [-0.4, -0.2) is 54.5 Å². The van der Waals surface area contributed by atoms with E-state index in [1.165, 1.54) is 17.0 Å². The van der Waals surface area contributed by atoms with Crippen molar-refractivity contribution in [2.75, 3.05) is 13.1 Å². The van der Waals surface area contributed by atoms with Crippen LogP contribution < -0.4 is 5.32 Å². The van der Waals surface area contributed by atoms with Gasteiger partial charge >= 0.3 is 0 Å². The van der Waals surface area contributed by atoms with Gasteiger partial charge in [0.05, 0.1) is 5.56 Å². The zero-order chi connectivity index (χ0) is 24.2. The zero-order valence-electron chi connectivity index (χ0n) is 18.5. The molecule has 1 atom stereocenters. The molecule has 0 bridgehead atoms. The van der Waals surface area contributed by atoms with Crippen LogP contribution in [0.15, 0.2) is 57.9 Å². The normalized spacial score (nSPS) is 15.1. The molecule has 176 valence electrons. The lowest BCUT2D eigenvalue weighted by atomic mass is 10.1. The van der Waals surface area contributed by atoms with E-state index >= 15 is 0 Å². The molecular weight excluding hydrogens is 510 g/mol. The molecule has 8 nitrogen and oxygen atoms in total. The molecule has 1 heterocycles. The average molecular weight is 536 g/mol. The maximum absolute atomic E-state index is 13.2. The number of benzene rings is 2. The van der Waals surface area contributed by atoms with Gasteiger partial charge in [0.2, 0.25) is 11.8 Å². The van der Waals surface area contributed by atoms with E-state index in [2.05, 4.69) is 21.2 Å². The third-order valence-electron chi connectivity index (χ3n) is 5.40. The fraction of sp³-hybridized carbons (Fsp3) is 0.348. The van der Waals surface area contributed by atoms with Crippen molar-refractivity contribution in [2.24, 2.45) is 0 Å². The van der Waals surface area contributed by atoms with Crippen LogP contribution in [0.2, 0.25) is 0 Å². The first-order chi connectivity index (χ1) is 15.7. The van der Waals surface area contributed by atoms with E-state index in [9.17, 15) is 22.8 Å². The molecule has 1 unspecified atom stereocenters. The second-order valence-corrected chi connectivity index (χ2v) is 10.5. The second kappa shape index (κ2) is 10.5. The number of carbonyl (C=O) groups is 3. The highest BCUT2D eigenvalue weighted by Gasteiger charge is 2.41. The first kappa shape index (κ1) is 24.9. The van der Waals surface area contributed by atoms with Gasteiger partial charge in [-0.05, 0) is 43.2 Å². The quantitative estimate of drug-likeness (QED) is 0.531. The van der Waals surface area contributed by atoms with E-state index in [0.717, 1.165) is 20.8 Å². The number of hydrogen-bond donors (Lipinski definition) is 1. The van der Waals surface area contributed by atoms with Crippen LogP contribution in [0.4, 0.5) is 0 Å². The van der Waals surface area contributed by atoms with Crippen molar-refractivity contribution in [3.63, 3.8) is 0 Å². The first-order valence-corrected chi connectivity index (χ1v) is 12.9. The Bertz CT molecular complexity index is 1170. The molecule has 0 saturated carbocycles. The number of carbonyl (C=O) groups excluding carboxylic acids is 3. The minimum Gasteiger partial charge on any atom is -0.354 e. The summed E-state index contributed by atoms with van der Waals surface area (Å²) in [6, 6.07) is 12.6. The van der Waals surface area contributed by atoms with Crippen molar-refractivity contribution in [3.8, 4) is 0 Å². The summed E-state index contributed by atoms with van der Waals surface area (Å²) in [5.41, 5.74) is 0.911. The van der Waals surface area contributed by atoms with Crippen molar-refractivity contribution in [3.05, 3.63) is 64.1 Å². The van der Waals surface area contributed by atoms with Crippen molar-refractivity contribution in [1.29, 1.82) is 0 Å². The Kier molecular flexibility index (Phi) is 7.91. The molecule has 10 heteroatoms. The number of hydrogen-bond acceptors (Lipinski definition) is 5. The molecule has 0 saturated heterocycles. The summed E-state index contributed by atoms with van der Waals surface area (Å²) >= 11 is 3.40.